The number of esters is 1. The average molecular weight is 642 g/mol. The normalized spacial score (nSPS) is 19.4. The van der Waals surface area contributed by atoms with E-state index in [9.17, 15) is 28.8 Å². The van der Waals surface area contributed by atoms with Crippen LogP contribution in [0.2, 0.25) is 0 Å². The molecule has 3 unspecified atom stereocenters. The Morgan fingerprint density at radius 2 is 1.59 bits per heavy atom. The number of ketones is 1. The maximum Gasteiger partial charge on any atom is 0.326 e. The number of ether oxygens (including phenoxy) is 1. The SMILES string of the molecule is CC(C)(C)[C@H](NC(=O)NCC(=O)OC(c1ccccc1)C1CC1)C(=O)N1CCCC1C(=O)NC(CC1CC1)C(=O)C(N)=O.CCC. The number of carbonyl (C=O) groups is 6. The Morgan fingerprint density at radius 3 is 2.13 bits per heavy atom. The number of hydrogen-bond acceptors (Lipinski definition) is 7. The van der Waals surface area contributed by atoms with Gasteiger partial charge in [-0.15, -0.1) is 0 Å². The number of primary amides is 1. The molecule has 0 spiro atoms. The number of rotatable bonds is 13. The molecular weight excluding hydrogens is 590 g/mol. The van der Waals surface area contributed by atoms with Crippen molar-refractivity contribution in [2.24, 2.45) is 23.0 Å². The fourth-order valence-corrected chi connectivity index (χ4v) is 5.47. The lowest BCUT2D eigenvalue weighted by atomic mass is 9.85. The average Bonchev–Trinajstić information content (AvgIpc) is 3.95. The van der Waals surface area contributed by atoms with E-state index in [-0.39, 0.29) is 31.0 Å². The summed E-state index contributed by atoms with van der Waals surface area (Å²) in [6.07, 6.45) is 5.90. The second-order valence-corrected chi connectivity index (χ2v) is 13.7. The van der Waals surface area contributed by atoms with E-state index in [1.807, 2.05) is 30.3 Å². The van der Waals surface area contributed by atoms with Crippen LogP contribution >= 0.6 is 0 Å². The summed E-state index contributed by atoms with van der Waals surface area (Å²) < 4.78 is 5.69. The van der Waals surface area contributed by atoms with Crippen LogP contribution in [0.25, 0.3) is 0 Å². The Hall–Kier alpha value is -3.96. The smallest absolute Gasteiger partial charge is 0.326 e. The van der Waals surface area contributed by atoms with Gasteiger partial charge in [-0.05, 0) is 49.0 Å². The Labute approximate surface area is 271 Å². The highest BCUT2D eigenvalue weighted by Crippen LogP contribution is 2.43. The number of likely N-dealkylation sites (tertiary alicyclic amines) is 1. The van der Waals surface area contributed by atoms with Crippen LogP contribution in [0.1, 0.15) is 97.7 Å². The van der Waals surface area contributed by atoms with Crippen LogP contribution in [0.15, 0.2) is 30.3 Å². The predicted molar refractivity (Wildman–Crippen MR) is 172 cm³/mol. The lowest BCUT2D eigenvalue weighted by molar-refractivity contribution is -0.149. The number of amides is 5. The molecule has 5 amide bonds. The number of Topliss-reactive ketones (excluding diaryl/α,β-unsaturated/α-hetero) is 1. The minimum absolute atomic E-state index is 0.248. The van der Waals surface area contributed by atoms with Crippen LogP contribution in [0.4, 0.5) is 4.79 Å². The first-order valence-corrected chi connectivity index (χ1v) is 16.5. The van der Waals surface area contributed by atoms with Crippen LogP contribution in [-0.4, -0.2) is 71.6 Å². The van der Waals surface area contributed by atoms with Crippen molar-refractivity contribution >= 4 is 35.5 Å². The lowest BCUT2D eigenvalue weighted by Crippen LogP contribution is -2.60. The molecule has 4 rings (SSSR count). The lowest BCUT2D eigenvalue weighted by Gasteiger charge is -2.35. The summed E-state index contributed by atoms with van der Waals surface area (Å²) in [5, 5.41) is 7.83. The largest absolute Gasteiger partial charge is 0.456 e. The molecule has 1 aromatic carbocycles. The Kier molecular flexibility index (Phi) is 13.1. The van der Waals surface area contributed by atoms with E-state index in [2.05, 4.69) is 29.8 Å². The number of benzene rings is 1. The van der Waals surface area contributed by atoms with Crippen molar-refractivity contribution in [3.63, 3.8) is 0 Å². The van der Waals surface area contributed by atoms with Crippen LogP contribution in [0.3, 0.4) is 0 Å². The molecule has 12 heteroatoms. The first-order valence-electron chi connectivity index (χ1n) is 16.5. The third-order valence-corrected chi connectivity index (χ3v) is 8.20. The maximum atomic E-state index is 13.8. The van der Waals surface area contributed by atoms with Crippen LogP contribution in [0, 0.1) is 17.3 Å². The first kappa shape index (κ1) is 36.5. The van der Waals surface area contributed by atoms with Crippen molar-refractivity contribution in [2.75, 3.05) is 13.1 Å². The van der Waals surface area contributed by atoms with E-state index in [4.69, 9.17) is 10.5 Å². The van der Waals surface area contributed by atoms with Gasteiger partial charge in [0.15, 0.2) is 0 Å². The summed E-state index contributed by atoms with van der Waals surface area (Å²) in [6.45, 7) is 9.52. The molecule has 1 saturated heterocycles. The molecule has 3 aliphatic rings. The zero-order valence-corrected chi connectivity index (χ0v) is 27.8. The van der Waals surface area contributed by atoms with E-state index < -0.39 is 59.0 Å². The highest BCUT2D eigenvalue weighted by Gasteiger charge is 2.43. The summed E-state index contributed by atoms with van der Waals surface area (Å²) >= 11 is 0. The van der Waals surface area contributed by atoms with Crippen molar-refractivity contribution in [1.29, 1.82) is 0 Å². The Balaban J connectivity index is 0.00000185. The first-order chi connectivity index (χ1) is 21.8. The minimum atomic E-state index is -1.11. The zero-order valence-electron chi connectivity index (χ0n) is 27.8. The van der Waals surface area contributed by atoms with Gasteiger partial charge in [0.1, 0.15) is 24.7 Å². The molecule has 5 N–H and O–H groups in total. The highest BCUT2D eigenvalue weighted by atomic mass is 16.5. The van der Waals surface area contributed by atoms with Gasteiger partial charge in [0.05, 0.1) is 6.04 Å². The molecule has 4 atom stereocenters. The molecular formula is C34H51N5O7. The van der Waals surface area contributed by atoms with Crippen molar-refractivity contribution in [3.05, 3.63) is 35.9 Å². The number of urea groups is 1. The van der Waals surface area contributed by atoms with Crippen molar-refractivity contribution in [2.45, 2.75) is 110 Å². The predicted octanol–water partition coefficient (Wildman–Crippen LogP) is 3.14. The van der Waals surface area contributed by atoms with Crippen molar-refractivity contribution in [3.8, 4) is 0 Å². The van der Waals surface area contributed by atoms with Crippen LogP contribution in [0.5, 0.6) is 0 Å². The van der Waals surface area contributed by atoms with Gasteiger partial charge in [0, 0.05) is 12.5 Å². The monoisotopic (exact) mass is 641 g/mol. The van der Waals surface area contributed by atoms with Gasteiger partial charge in [-0.2, -0.15) is 0 Å². The summed E-state index contributed by atoms with van der Waals surface area (Å²) in [6, 6.07) is 5.84. The van der Waals surface area contributed by atoms with Gasteiger partial charge < -0.3 is 31.3 Å². The quantitative estimate of drug-likeness (QED) is 0.189. The summed E-state index contributed by atoms with van der Waals surface area (Å²) in [4.78, 5) is 77.8. The third kappa shape index (κ3) is 10.8. The van der Waals surface area contributed by atoms with Gasteiger partial charge in [-0.3, -0.25) is 24.0 Å². The van der Waals surface area contributed by atoms with E-state index in [0.717, 1.165) is 31.2 Å². The summed E-state index contributed by atoms with van der Waals surface area (Å²) in [7, 11) is 0. The van der Waals surface area contributed by atoms with E-state index in [1.165, 1.54) is 11.3 Å². The van der Waals surface area contributed by atoms with Crippen LogP contribution < -0.4 is 21.7 Å². The molecule has 0 radical (unpaired) electrons. The maximum absolute atomic E-state index is 13.8. The molecule has 1 aromatic rings. The molecule has 1 aliphatic heterocycles. The molecule has 0 bridgehead atoms. The number of nitrogens with zero attached hydrogens (tertiary/aromatic N) is 1. The molecule has 2 saturated carbocycles. The summed E-state index contributed by atoms with van der Waals surface area (Å²) in [5.74, 6) is -3.04. The standard InChI is InChI=1S/C31H43N5O7.C3H8/c1-31(2,3)26(35-30(42)33-17-23(37)43-25(20-13-14-20)19-8-5-4-6-9-19)29(41)36-15-7-10-22(36)28(40)34-21(16-18-11-12-18)24(38)27(32)39;1-3-2/h4-6,8-9,18,20-22,25-26H,7,10-17H2,1-3H3,(H2,32,39)(H,34,40)(H2,33,35,42);3H2,1-2H3/t21?,22?,25?,26-;/m1./s1. The van der Waals surface area contributed by atoms with Gasteiger partial charge in [-0.1, -0.05) is 84.2 Å². The molecule has 2 aliphatic carbocycles. The van der Waals surface area contributed by atoms with Gasteiger partial charge >= 0.3 is 12.0 Å². The van der Waals surface area contributed by atoms with Gasteiger partial charge in [-0.25, -0.2) is 4.79 Å². The third-order valence-electron chi connectivity index (χ3n) is 8.20. The second-order valence-electron chi connectivity index (χ2n) is 13.7. The van der Waals surface area contributed by atoms with E-state index in [1.54, 1.807) is 20.8 Å². The Morgan fingerprint density at radius 1 is 0.957 bits per heavy atom. The zero-order chi connectivity index (χ0) is 34.0. The summed E-state index contributed by atoms with van der Waals surface area (Å²) in [5.41, 5.74) is 5.37. The topological polar surface area (TPSA) is 177 Å². The fourth-order valence-electron chi connectivity index (χ4n) is 5.47. The molecule has 254 valence electrons. The number of hydrogen-bond donors (Lipinski definition) is 4. The van der Waals surface area contributed by atoms with E-state index in [0.29, 0.717) is 19.3 Å². The molecule has 46 heavy (non-hydrogen) atoms. The van der Waals surface area contributed by atoms with Gasteiger partial charge in [0.2, 0.25) is 17.6 Å². The van der Waals surface area contributed by atoms with Crippen molar-refractivity contribution in [1.82, 2.24) is 20.9 Å². The van der Waals surface area contributed by atoms with Crippen LogP contribution in [-0.2, 0) is 28.7 Å². The number of carbonyl (C=O) groups excluding carboxylic acids is 6. The Bertz CT molecular complexity index is 1240. The fraction of sp³-hybridized carbons (Fsp3) is 0.647. The number of nitrogens with one attached hydrogen (secondary N) is 3. The molecule has 12 nitrogen and oxygen atoms in total. The second kappa shape index (κ2) is 16.6. The molecule has 3 fully saturated rings. The minimum Gasteiger partial charge on any atom is -0.456 e. The van der Waals surface area contributed by atoms with Crippen molar-refractivity contribution < 1.29 is 33.5 Å². The van der Waals surface area contributed by atoms with E-state index >= 15 is 0 Å². The number of nitrogens with two attached hydrogens (primary N) is 1. The molecule has 0 aromatic heterocycles. The van der Waals surface area contributed by atoms with Gasteiger partial charge in [0.25, 0.3) is 5.91 Å². The molecule has 1 heterocycles. The highest BCUT2D eigenvalue weighted by molar-refractivity contribution is 6.37.